The van der Waals surface area contributed by atoms with Gasteiger partial charge in [0.1, 0.15) is 0 Å². The van der Waals surface area contributed by atoms with E-state index in [-0.39, 0.29) is 30.7 Å². The first-order valence-corrected chi connectivity index (χ1v) is 8.58. The molecule has 0 spiro atoms. The van der Waals surface area contributed by atoms with Crippen molar-refractivity contribution in [3.63, 3.8) is 0 Å². The molecule has 2 aliphatic rings. The summed E-state index contributed by atoms with van der Waals surface area (Å²) in [6.45, 7) is 5.70. The summed E-state index contributed by atoms with van der Waals surface area (Å²) in [6.07, 6.45) is -0.399. The maximum Gasteiger partial charge on any atom is 0.410 e. The van der Waals surface area contributed by atoms with Gasteiger partial charge in [0.25, 0.3) is 0 Å². The van der Waals surface area contributed by atoms with Crippen LogP contribution in [0.5, 0.6) is 0 Å². The normalized spacial score (nSPS) is 28.1. The topological polar surface area (TPSA) is 71.0 Å². The van der Waals surface area contributed by atoms with Crippen LogP contribution in [0.25, 0.3) is 0 Å². The monoisotopic (exact) mass is 336 g/mol. The molecule has 2 heterocycles. The molecule has 0 radical (unpaired) electrons. The van der Waals surface area contributed by atoms with Gasteiger partial charge < -0.3 is 19.9 Å². The minimum atomic E-state index is -0.399. The summed E-state index contributed by atoms with van der Waals surface area (Å²) in [6, 6.07) is 9.77. The van der Waals surface area contributed by atoms with E-state index in [4.69, 9.17) is 9.47 Å². The molecule has 24 heavy (non-hydrogen) atoms. The zero-order chi connectivity index (χ0) is 17.5. The maximum atomic E-state index is 12.1. The molecule has 1 amide bonds. The van der Waals surface area contributed by atoms with Gasteiger partial charge in [-0.2, -0.15) is 0 Å². The number of nitrogens with one attached hydrogen (secondary N) is 1. The van der Waals surface area contributed by atoms with E-state index in [0.717, 1.165) is 0 Å². The summed E-state index contributed by atoms with van der Waals surface area (Å²) < 4.78 is 10.4. The van der Waals surface area contributed by atoms with Gasteiger partial charge in [-0.3, -0.25) is 4.90 Å². The average molecular weight is 336 g/mol. The Bertz CT molecular complexity index is 511. The molecule has 2 aliphatic heterocycles. The van der Waals surface area contributed by atoms with E-state index >= 15 is 0 Å². The number of amides is 1. The number of hydrogen-bond acceptors (Lipinski definition) is 5. The number of carbonyl (C=O) groups excluding carboxylic acids is 1. The predicted molar refractivity (Wildman–Crippen MR) is 91.6 cm³/mol. The molecule has 0 aromatic heterocycles. The van der Waals surface area contributed by atoms with Crippen molar-refractivity contribution >= 4 is 6.09 Å². The standard InChI is InChI=1S/C16H22N2O4.C2H6/c1-21-16(20)18-13(8-19)15(12-9-22-10-14(12)18)17-7-11-5-3-2-4-6-11;1-2/h2-6,12-15,17,19H,7-10H2,1H3;1-2H3. The lowest BCUT2D eigenvalue weighted by Crippen LogP contribution is -2.49. The lowest BCUT2D eigenvalue weighted by molar-refractivity contribution is 0.0629. The minimum absolute atomic E-state index is 0.00296. The van der Waals surface area contributed by atoms with Gasteiger partial charge >= 0.3 is 6.09 Å². The molecule has 0 bridgehead atoms. The van der Waals surface area contributed by atoms with Crippen molar-refractivity contribution in [2.24, 2.45) is 5.92 Å². The molecule has 1 aromatic carbocycles. The van der Waals surface area contributed by atoms with Crippen LogP contribution in [0, 0.1) is 5.92 Å². The highest BCUT2D eigenvalue weighted by molar-refractivity contribution is 5.69. The highest BCUT2D eigenvalue weighted by atomic mass is 16.5. The van der Waals surface area contributed by atoms with E-state index in [1.807, 2.05) is 32.0 Å². The van der Waals surface area contributed by atoms with E-state index in [9.17, 15) is 9.90 Å². The summed E-state index contributed by atoms with van der Waals surface area (Å²) in [5.74, 6) is 0.181. The number of benzene rings is 1. The number of fused-ring (bicyclic) bond motifs is 1. The van der Waals surface area contributed by atoms with E-state index < -0.39 is 6.09 Å². The number of likely N-dealkylation sites (tertiary alicyclic amines) is 1. The number of rotatable bonds is 4. The molecule has 6 heteroatoms. The molecule has 134 valence electrons. The molecular weight excluding hydrogens is 308 g/mol. The second-order valence-corrected chi connectivity index (χ2v) is 5.79. The first kappa shape index (κ1) is 18.7. The molecule has 6 nitrogen and oxygen atoms in total. The quantitative estimate of drug-likeness (QED) is 0.874. The third kappa shape index (κ3) is 3.71. The van der Waals surface area contributed by atoms with Gasteiger partial charge in [-0.15, -0.1) is 0 Å². The Balaban J connectivity index is 0.00000100. The highest BCUT2D eigenvalue weighted by Crippen LogP contribution is 2.35. The Labute approximate surface area is 143 Å². The van der Waals surface area contributed by atoms with Crippen LogP contribution in [0.4, 0.5) is 4.79 Å². The van der Waals surface area contributed by atoms with E-state index in [0.29, 0.717) is 19.8 Å². The Morgan fingerprint density at radius 1 is 1.33 bits per heavy atom. The van der Waals surface area contributed by atoms with Crippen molar-refractivity contribution < 1.29 is 19.4 Å². The van der Waals surface area contributed by atoms with Gasteiger partial charge in [0, 0.05) is 18.5 Å². The van der Waals surface area contributed by atoms with Gasteiger partial charge in [0.15, 0.2) is 0 Å². The third-order valence-electron chi connectivity index (χ3n) is 4.64. The molecule has 4 atom stereocenters. The van der Waals surface area contributed by atoms with Crippen molar-refractivity contribution in [1.82, 2.24) is 10.2 Å². The Hall–Kier alpha value is -1.63. The Kier molecular flexibility index (Phi) is 7.02. The molecular formula is C18H28N2O4. The number of aliphatic hydroxyl groups excluding tert-OH is 1. The number of ether oxygens (including phenoxy) is 2. The fourth-order valence-electron chi connectivity index (χ4n) is 3.59. The van der Waals surface area contributed by atoms with Crippen molar-refractivity contribution in [3.8, 4) is 0 Å². The smallest absolute Gasteiger partial charge is 0.410 e. The van der Waals surface area contributed by atoms with Crippen molar-refractivity contribution in [1.29, 1.82) is 0 Å². The Morgan fingerprint density at radius 3 is 2.67 bits per heavy atom. The van der Waals surface area contributed by atoms with E-state index in [1.54, 1.807) is 4.90 Å². The number of nitrogens with zero attached hydrogens (tertiary/aromatic N) is 1. The summed E-state index contributed by atoms with van der Waals surface area (Å²) in [5, 5.41) is 13.3. The molecule has 3 rings (SSSR count). The average Bonchev–Trinajstić information content (AvgIpc) is 3.22. The second-order valence-electron chi connectivity index (χ2n) is 5.79. The van der Waals surface area contributed by atoms with Gasteiger partial charge in [0.05, 0.1) is 39.0 Å². The van der Waals surface area contributed by atoms with Crippen LogP contribution >= 0.6 is 0 Å². The van der Waals surface area contributed by atoms with Crippen molar-refractivity contribution in [2.75, 3.05) is 26.9 Å². The SMILES string of the molecule is CC.COC(=O)N1C2COCC2C(NCc2ccccc2)C1CO. The van der Waals surface area contributed by atoms with Gasteiger partial charge in [0.2, 0.25) is 0 Å². The van der Waals surface area contributed by atoms with Crippen LogP contribution in [-0.4, -0.2) is 61.2 Å². The molecule has 0 aliphatic carbocycles. The third-order valence-corrected chi connectivity index (χ3v) is 4.64. The van der Waals surface area contributed by atoms with Crippen LogP contribution in [0.3, 0.4) is 0 Å². The Morgan fingerprint density at radius 2 is 2.04 bits per heavy atom. The first-order valence-electron chi connectivity index (χ1n) is 8.58. The fourth-order valence-corrected chi connectivity index (χ4v) is 3.59. The molecule has 4 unspecified atom stereocenters. The fraction of sp³-hybridized carbons (Fsp3) is 0.611. The largest absolute Gasteiger partial charge is 0.453 e. The predicted octanol–water partition coefficient (Wildman–Crippen LogP) is 1.63. The lowest BCUT2D eigenvalue weighted by atomic mass is 9.96. The summed E-state index contributed by atoms with van der Waals surface area (Å²) >= 11 is 0. The first-order chi connectivity index (χ1) is 11.8. The van der Waals surface area contributed by atoms with Crippen LogP contribution in [-0.2, 0) is 16.0 Å². The number of hydrogen-bond donors (Lipinski definition) is 2. The van der Waals surface area contributed by atoms with Crippen LogP contribution in [0.2, 0.25) is 0 Å². The van der Waals surface area contributed by atoms with Gasteiger partial charge in [-0.1, -0.05) is 44.2 Å². The molecule has 2 N–H and O–H groups in total. The molecule has 2 fully saturated rings. The zero-order valence-electron chi connectivity index (χ0n) is 14.6. The van der Waals surface area contributed by atoms with E-state index in [1.165, 1.54) is 12.7 Å². The number of aliphatic hydroxyl groups is 1. The van der Waals surface area contributed by atoms with Crippen molar-refractivity contribution in [2.45, 2.75) is 38.5 Å². The lowest BCUT2D eigenvalue weighted by Gasteiger charge is -2.29. The zero-order valence-corrected chi connectivity index (χ0v) is 14.6. The minimum Gasteiger partial charge on any atom is -0.453 e. The molecule has 2 saturated heterocycles. The molecule has 1 aromatic rings. The van der Waals surface area contributed by atoms with Crippen LogP contribution in [0.15, 0.2) is 30.3 Å². The highest BCUT2D eigenvalue weighted by Gasteiger charge is 2.53. The summed E-state index contributed by atoms with van der Waals surface area (Å²) in [7, 11) is 1.37. The number of carbonyl (C=O) groups is 1. The van der Waals surface area contributed by atoms with Crippen molar-refractivity contribution in [3.05, 3.63) is 35.9 Å². The van der Waals surface area contributed by atoms with Crippen LogP contribution < -0.4 is 5.32 Å². The second kappa shape index (κ2) is 9.01. The van der Waals surface area contributed by atoms with Gasteiger partial charge in [-0.05, 0) is 5.56 Å². The maximum absolute atomic E-state index is 12.1. The van der Waals surface area contributed by atoms with Crippen LogP contribution in [0.1, 0.15) is 19.4 Å². The molecule has 0 saturated carbocycles. The van der Waals surface area contributed by atoms with E-state index in [2.05, 4.69) is 17.4 Å². The summed E-state index contributed by atoms with van der Waals surface area (Å²) in [5.41, 5.74) is 1.17. The van der Waals surface area contributed by atoms with Gasteiger partial charge in [-0.25, -0.2) is 4.79 Å². The summed E-state index contributed by atoms with van der Waals surface area (Å²) in [4.78, 5) is 13.7. The number of methoxy groups -OCH3 is 1.